The molecule has 0 bridgehead atoms. The van der Waals surface area contributed by atoms with Crippen LogP contribution in [-0.2, 0) is 11.3 Å². The zero-order valence-corrected chi connectivity index (χ0v) is 10.6. The van der Waals surface area contributed by atoms with Crippen LogP contribution in [0.2, 0.25) is 0 Å². The molecule has 0 spiro atoms. The molecule has 0 saturated heterocycles. The van der Waals surface area contributed by atoms with Crippen LogP contribution in [0.5, 0.6) is 0 Å². The second-order valence-electron chi connectivity index (χ2n) is 5.85. The van der Waals surface area contributed by atoms with E-state index in [9.17, 15) is 13.6 Å². The molecule has 2 aliphatic rings. The molecule has 1 heterocycles. The maximum absolute atomic E-state index is 12.7. The molecule has 3 rings (SSSR count). The van der Waals surface area contributed by atoms with Crippen molar-refractivity contribution in [2.75, 3.05) is 6.54 Å². The van der Waals surface area contributed by atoms with Gasteiger partial charge in [0.1, 0.15) is 0 Å². The Bertz CT molecular complexity index is 468. The molecule has 4 nitrogen and oxygen atoms in total. The summed E-state index contributed by atoms with van der Waals surface area (Å²) in [4.78, 5) is 11.6. The van der Waals surface area contributed by atoms with Crippen molar-refractivity contribution in [2.24, 2.45) is 11.3 Å². The van der Waals surface area contributed by atoms with Gasteiger partial charge in [0.05, 0.1) is 0 Å². The molecular formula is C13H17F2N3O. The zero-order valence-electron chi connectivity index (χ0n) is 10.6. The van der Waals surface area contributed by atoms with Crippen LogP contribution in [0.3, 0.4) is 0 Å². The molecule has 2 aliphatic carbocycles. The van der Waals surface area contributed by atoms with Crippen molar-refractivity contribution in [2.45, 2.75) is 38.2 Å². The molecule has 2 fully saturated rings. The minimum absolute atomic E-state index is 0.0507. The first kappa shape index (κ1) is 12.6. The number of rotatable bonds is 6. The number of hydrogen-bond donors (Lipinski definition) is 1. The average molecular weight is 269 g/mol. The maximum Gasteiger partial charge on any atom is 0.252 e. The smallest absolute Gasteiger partial charge is 0.252 e. The summed E-state index contributed by atoms with van der Waals surface area (Å²) in [5, 5.41) is 6.94. The lowest BCUT2D eigenvalue weighted by molar-refractivity contribution is -0.122. The monoisotopic (exact) mass is 269 g/mol. The zero-order chi connectivity index (χ0) is 13.5. The highest BCUT2D eigenvalue weighted by atomic mass is 19.3. The van der Waals surface area contributed by atoms with Crippen molar-refractivity contribution < 1.29 is 13.6 Å². The number of carbonyl (C=O) groups is 1. The Morgan fingerprint density at radius 1 is 1.47 bits per heavy atom. The van der Waals surface area contributed by atoms with Gasteiger partial charge in [-0.05, 0) is 18.9 Å². The van der Waals surface area contributed by atoms with Gasteiger partial charge in [-0.15, -0.1) is 0 Å². The van der Waals surface area contributed by atoms with E-state index < -0.39 is 11.8 Å². The highest BCUT2D eigenvalue weighted by molar-refractivity contribution is 5.76. The molecule has 0 aliphatic heterocycles. The van der Waals surface area contributed by atoms with Gasteiger partial charge >= 0.3 is 0 Å². The average Bonchev–Trinajstić information content (AvgIpc) is 3.13. The van der Waals surface area contributed by atoms with Gasteiger partial charge in [-0.3, -0.25) is 9.48 Å². The molecular weight excluding hydrogens is 252 g/mol. The Balaban J connectivity index is 1.43. The summed E-state index contributed by atoms with van der Waals surface area (Å²) in [5.41, 5.74) is 0.0771. The van der Waals surface area contributed by atoms with Gasteiger partial charge in [0.2, 0.25) is 5.91 Å². The second-order valence-corrected chi connectivity index (χ2v) is 5.85. The lowest BCUT2D eigenvalue weighted by Crippen LogP contribution is -2.32. The third-order valence-corrected chi connectivity index (χ3v) is 4.06. The maximum atomic E-state index is 12.7. The van der Waals surface area contributed by atoms with Crippen LogP contribution in [-0.4, -0.2) is 28.2 Å². The lowest BCUT2D eigenvalue weighted by atomic mass is 10.1. The predicted molar refractivity (Wildman–Crippen MR) is 64.6 cm³/mol. The van der Waals surface area contributed by atoms with Crippen molar-refractivity contribution in [1.29, 1.82) is 0 Å². The first-order valence-corrected chi connectivity index (χ1v) is 6.61. The first-order chi connectivity index (χ1) is 8.99. The Morgan fingerprint density at radius 2 is 2.21 bits per heavy atom. The Labute approximate surface area is 110 Å². The normalized spacial score (nSPS) is 25.9. The fourth-order valence-corrected chi connectivity index (χ4v) is 2.38. The van der Waals surface area contributed by atoms with Crippen molar-refractivity contribution in [3.63, 3.8) is 0 Å². The summed E-state index contributed by atoms with van der Waals surface area (Å²) in [6.07, 6.45) is 5.53. The summed E-state index contributed by atoms with van der Waals surface area (Å²) in [6.45, 7) is 1.34. The van der Waals surface area contributed by atoms with Crippen molar-refractivity contribution in [1.82, 2.24) is 15.1 Å². The fraction of sp³-hybridized carbons (Fsp3) is 0.692. The van der Waals surface area contributed by atoms with E-state index in [0.29, 0.717) is 6.54 Å². The number of carbonyl (C=O) groups excluding carboxylic acids is 1. The molecule has 0 aromatic carbocycles. The summed E-state index contributed by atoms with van der Waals surface area (Å²) in [5.74, 6) is -3.60. The molecule has 1 atom stereocenters. The van der Waals surface area contributed by atoms with E-state index in [0.717, 1.165) is 19.4 Å². The Hall–Kier alpha value is -1.46. The molecule has 0 radical (unpaired) electrons. The number of aromatic nitrogens is 2. The minimum atomic E-state index is -2.61. The minimum Gasteiger partial charge on any atom is -0.355 e. The Morgan fingerprint density at radius 3 is 2.74 bits per heavy atom. The number of halogens is 2. The second kappa shape index (κ2) is 4.28. The van der Waals surface area contributed by atoms with E-state index in [1.165, 1.54) is 0 Å². The number of amides is 1. The van der Waals surface area contributed by atoms with E-state index in [2.05, 4.69) is 10.4 Å². The van der Waals surface area contributed by atoms with Crippen LogP contribution in [0.1, 0.15) is 25.7 Å². The molecule has 1 aromatic rings. The quantitative estimate of drug-likeness (QED) is 0.856. The predicted octanol–water partition coefficient (Wildman–Crippen LogP) is 1.82. The van der Waals surface area contributed by atoms with Gasteiger partial charge in [-0.1, -0.05) is 0 Å². The molecule has 2 saturated carbocycles. The molecule has 1 N–H and O–H groups in total. The van der Waals surface area contributed by atoms with E-state index in [1.54, 1.807) is 6.20 Å². The van der Waals surface area contributed by atoms with Crippen LogP contribution in [0, 0.1) is 11.3 Å². The summed E-state index contributed by atoms with van der Waals surface area (Å²) >= 11 is 0. The first-order valence-electron chi connectivity index (χ1n) is 6.61. The largest absolute Gasteiger partial charge is 0.355 e. The van der Waals surface area contributed by atoms with E-state index in [1.807, 2.05) is 16.9 Å². The van der Waals surface area contributed by atoms with Crippen LogP contribution in [0.15, 0.2) is 18.5 Å². The standard InChI is InChI=1S/C13H17F2N3O/c14-13(15)7-10(13)6-11(19)16-8-12(2-3-12)9-18-5-1-4-17-18/h1,4-5,10H,2-3,6-9H2,(H,16,19)/t10-/m1/s1. The number of hydrogen-bond acceptors (Lipinski definition) is 2. The van der Waals surface area contributed by atoms with Crippen LogP contribution >= 0.6 is 0 Å². The van der Waals surface area contributed by atoms with Gasteiger partial charge < -0.3 is 5.32 Å². The summed E-state index contributed by atoms with van der Waals surface area (Å²) in [7, 11) is 0. The highest BCUT2D eigenvalue weighted by Gasteiger charge is 2.57. The molecule has 1 amide bonds. The van der Waals surface area contributed by atoms with Gasteiger partial charge in [0.25, 0.3) is 5.92 Å². The molecule has 104 valence electrons. The van der Waals surface area contributed by atoms with Crippen molar-refractivity contribution >= 4 is 5.91 Å². The molecule has 6 heteroatoms. The van der Waals surface area contributed by atoms with Crippen molar-refractivity contribution in [3.8, 4) is 0 Å². The summed E-state index contributed by atoms with van der Waals surface area (Å²) < 4.78 is 27.3. The van der Waals surface area contributed by atoms with Gasteiger partial charge in [0.15, 0.2) is 0 Å². The number of nitrogens with zero attached hydrogens (tertiary/aromatic N) is 2. The topological polar surface area (TPSA) is 46.9 Å². The van der Waals surface area contributed by atoms with Gasteiger partial charge in [-0.2, -0.15) is 5.10 Å². The molecule has 1 aromatic heterocycles. The van der Waals surface area contributed by atoms with Crippen LogP contribution < -0.4 is 5.32 Å². The van der Waals surface area contributed by atoms with E-state index in [4.69, 9.17) is 0 Å². The van der Waals surface area contributed by atoms with Crippen molar-refractivity contribution in [3.05, 3.63) is 18.5 Å². The molecule has 0 unspecified atom stereocenters. The van der Waals surface area contributed by atoms with Crippen LogP contribution in [0.4, 0.5) is 8.78 Å². The SMILES string of the molecule is O=C(C[C@@H]1CC1(F)F)NCC1(Cn2cccn2)CC1. The van der Waals surface area contributed by atoms with E-state index in [-0.39, 0.29) is 24.2 Å². The third kappa shape index (κ3) is 2.93. The number of alkyl halides is 2. The van der Waals surface area contributed by atoms with Crippen LogP contribution in [0.25, 0.3) is 0 Å². The fourth-order valence-electron chi connectivity index (χ4n) is 2.38. The van der Waals surface area contributed by atoms with Gasteiger partial charge in [-0.25, -0.2) is 8.78 Å². The third-order valence-electron chi connectivity index (χ3n) is 4.06. The summed E-state index contributed by atoms with van der Waals surface area (Å²) in [6, 6.07) is 1.86. The molecule has 19 heavy (non-hydrogen) atoms. The van der Waals surface area contributed by atoms with Gasteiger partial charge in [0, 0.05) is 49.7 Å². The Kier molecular flexibility index (Phi) is 2.83. The number of nitrogens with one attached hydrogen (secondary N) is 1. The lowest BCUT2D eigenvalue weighted by Gasteiger charge is -2.16. The highest BCUT2D eigenvalue weighted by Crippen LogP contribution is 2.50. The van der Waals surface area contributed by atoms with E-state index >= 15 is 0 Å².